The Labute approximate surface area is 234 Å². The maximum atomic E-state index is 14.9. The molecule has 0 aromatic heterocycles. The lowest BCUT2D eigenvalue weighted by Crippen LogP contribution is -2.50. The topological polar surface area (TPSA) is 107 Å². The van der Waals surface area contributed by atoms with Crippen molar-refractivity contribution < 1.29 is 27.8 Å². The summed E-state index contributed by atoms with van der Waals surface area (Å²) >= 11 is 0. The van der Waals surface area contributed by atoms with E-state index in [1.165, 1.54) is 28.6 Å². The predicted octanol–water partition coefficient (Wildman–Crippen LogP) is 4.56. The highest BCUT2D eigenvalue weighted by atomic mass is 32.2. The van der Waals surface area contributed by atoms with E-state index in [0.717, 1.165) is 19.5 Å². The molecule has 9 heteroatoms. The number of hydrogen-bond acceptors (Lipinski definition) is 6. The van der Waals surface area contributed by atoms with Crippen LogP contribution < -0.4 is 5.32 Å². The van der Waals surface area contributed by atoms with Gasteiger partial charge in [0.05, 0.1) is 5.75 Å². The molecule has 3 aromatic rings. The minimum atomic E-state index is -3.74. The molecule has 2 aliphatic heterocycles. The van der Waals surface area contributed by atoms with Crippen molar-refractivity contribution in [2.45, 2.75) is 31.6 Å². The van der Waals surface area contributed by atoms with Gasteiger partial charge in [-0.1, -0.05) is 42.5 Å². The summed E-state index contributed by atoms with van der Waals surface area (Å²) in [5.74, 6) is -2.52. The van der Waals surface area contributed by atoms with Gasteiger partial charge in [-0.25, -0.2) is 17.1 Å². The van der Waals surface area contributed by atoms with Gasteiger partial charge in [0.1, 0.15) is 17.3 Å². The molecule has 2 heterocycles. The first kappa shape index (κ1) is 28.3. The SMILES string of the molecule is Cc1c(F)cccc1[C@H]1[C@@H](C(=O)c2cccc(O)c2)CN(S(=O)(=O)CCCC2CNC2)C[C@@H]1c1ccccc1O. The molecule has 212 valence electrons. The Hall–Kier alpha value is -3.27. The maximum Gasteiger partial charge on any atom is 0.214 e. The number of ketones is 1. The molecule has 0 aliphatic carbocycles. The molecule has 3 aromatic carbocycles. The summed E-state index contributed by atoms with van der Waals surface area (Å²) in [5.41, 5.74) is 1.73. The number of carbonyl (C=O) groups is 1. The smallest absolute Gasteiger partial charge is 0.214 e. The largest absolute Gasteiger partial charge is 0.508 e. The summed E-state index contributed by atoms with van der Waals surface area (Å²) in [5, 5.41) is 24.2. The Kier molecular flexibility index (Phi) is 8.26. The van der Waals surface area contributed by atoms with Crippen molar-refractivity contribution in [2.24, 2.45) is 11.8 Å². The number of benzene rings is 3. The first-order valence-electron chi connectivity index (χ1n) is 13.7. The molecule has 0 spiro atoms. The average molecular weight is 567 g/mol. The third-order valence-corrected chi connectivity index (χ3v) is 10.3. The monoisotopic (exact) mass is 566 g/mol. The molecule has 3 atom stereocenters. The van der Waals surface area contributed by atoms with Gasteiger partial charge in [0, 0.05) is 36.4 Å². The van der Waals surface area contributed by atoms with E-state index in [9.17, 15) is 27.8 Å². The number of piperidine rings is 1. The van der Waals surface area contributed by atoms with Crippen molar-refractivity contribution in [3.8, 4) is 11.5 Å². The molecular weight excluding hydrogens is 531 g/mol. The van der Waals surface area contributed by atoms with Crippen LogP contribution in [0.15, 0.2) is 66.7 Å². The van der Waals surface area contributed by atoms with Gasteiger partial charge in [-0.3, -0.25) is 4.79 Å². The molecule has 0 bridgehead atoms. The van der Waals surface area contributed by atoms with Crippen LogP contribution in [-0.4, -0.2) is 60.7 Å². The molecule has 2 fully saturated rings. The Morgan fingerprint density at radius 3 is 2.42 bits per heavy atom. The Balaban J connectivity index is 1.60. The highest BCUT2D eigenvalue weighted by Crippen LogP contribution is 2.48. The molecule has 7 nitrogen and oxygen atoms in total. The van der Waals surface area contributed by atoms with E-state index in [1.807, 2.05) is 0 Å². The van der Waals surface area contributed by atoms with Gasteiger partial charge in [0.25, 0.3) is 0 Å². The van der Waals surface area contributed by atoms with Crippen molar-refractivity contribution in [1.29, 1.82) is 0 Å². The molecule has 3 N–H and O–H groups in total. The fourth-order valence-electron chi connectivity index (χ4n) is 6.11. The first-order chi connectivity index (χ1) is 19.2. The lowest BCUT2D eigenvalue weighted by Gasteiger charge is -2.44. The average Bonchev–Trinajstić information content (AvgIpc) is 2.91. The van der Waals surface area contributed by atoms with Crippen LogP contribution in [0.4, 0.5) is 4.39 Å². The number of halogens is 1. The van der Waals surface area contributed by atoms with Crippen LogP contribution in [0, 0.1) is 24.6 Å². The maximum absolute atomic E-state index is 14.9. The van der Waals surface area contributed by atoms with Crippen LogP contribution >= 0.6 is 0 Å². The second-order valence-corrected chi connectivity index (χ2v) is 13.1. The summed E-state index contributed by atoms with van der Waals surface area (Å²) < 4.78 is 43.6. The number of sulfonamides is 1. The molecule has 2 aliphatic rings. The third kappa shape index (κ3) is 5.77. The third-order valence-electron chi connectivity index (χ3n) is 8.41. The number of aromatic hydroxyl groups is 2. The van der Waals surface area contributed by atoms with Crippen molar-refractivity contribution in [2.75, 3.05) is 31.9 Å². The van der Waals surface area contributed by atoms with E-state index in [-0.39, 0.29) is 41.7 Å². The van der Waals surface area contributed by atoms with Crippen LogP contribution in [-0.2, 0) is 10.0 Å². The van der Waals surface area contributed by atoms with E-state index in [1.54, 1.807) is 49.4 Å². The van der Waals surface area contributed by atoms with Crippen molar-refractivity contribution in [3.05, 3.63) is 94.8 Å². The van der Waals surface area contributed by atoms with Crippen LogP contribution in [0.25, 0.3) is 0 Å². The molecule has 0 saturated carbocycles. The molecular formula is C31H35FN2O5S. The summed E-state index contributed by atoms with van der Waals surface area (Å²) in [6.07, 6.45) is 1.32. The quantitative estimate of drug-likeness (QED) is 0.328. The molecule has 0 unspecified atom stereocenters. The predicted molar refractivity (Wildman–Crippen MR) is 152 cm³/mol. The van der Waals surface area contributed by atoms with Gasteiger partial charge < -0.3 is 15.5 Å². The summed E-state index contributed by atoms with van der Waals surface area (Å²) in [6, 6.07) is 17.4. The molecule has 40 heavy (non-hydrogen) atoms. The fourth-order valence-corrected chi connectivity index (χ4v) is 7.68. The number of para-hydroxylation sites is 1. The van der Waals surface area contributed by atoms with Gasteiger partial charge >= 0.3 is 0 Å². The summed E-state index contributed by atoms with van der Waals surface area (Å²) in [7, 11) is -3.74. The number of nitrogens with one attached hydrogen (secondary N) is 1. The Morgan fingerprint density at radius 1 is 1.00 bits per heavy atom. The summed E-state index contributed by atoms with van der Waals surface area (Å²) in [4.78, 5) is 14.1. The van der Waals surface area contributed by atoms with Gasteiger partial charge in [0.15, 0.2) is 5.78 Å². The number of hydrogen-bond donors (Lipinski definition) is 3. The van der Waals surface area contributed by atoms with Crippen molar-refractivity contribution >= 4 is 15.8 Å². The molecule has 5 rings (SSSR count). The standard InChI is InChI=1S/C31H35FN2O5S/c1-20-24(11-5-12-28(20)32)30-26(25-10-2-3-13-29(25)36)18-34(40(38,39)14-6-7-21-16-33-17-21)19-27(30)31(37)22-8-4-9-23(35)15-22/h2-5,8-13,15,21,26-27,30,33,35-36H,6-7,14,16-19H2,1H3/t26-,27+,30-/m1/s1. The van der Waals surface area contributed by atoms with Crippen molar-refractivity contribution in [1.82, 2.24) is 9.62 Å². The minimum absolute atomic E-state index is 0.00755. The van der Waals surface area contributed by atoms with Gasteiger partial charge in [-0.2, -0.15) is 0 Å². The normalized spacial score (nSPS) is 22.1. The number of carbonyl (C=O) groups excluding carboxylic acids is 1. The summed E-state index contributed by atoms with van der Waals surface area (Å²) in [6.45, 7) is 3.42. The second-order valence-electron chi connectivity index (χ2n) is 11.0. The number of phenols is 2. The van der Waals surface area contributed by atoms with Gasteiger partial charge in [-0.05, 0) is 79.7 Å². The van der Waals surface area contributed by atoms with E-state index in [4.69, 9.17) is 0 Å². The zero-order valence-corrected chi connectivity index (χ0v) is 23.3. The highest BCUT2D eigenvalue weighted by Gasteiger charge is 2.46. The number of rotatable bonds is 9. The Bertz CT molecular complexity index is 1490. The van der Waals surface area contributed by atoms with Gasteiger partial charge in [0.2, 0.25) is 10.0 Å². The van der Waals surface area contributed by atoms with Gasteiger partial charge in [-0.15, -0.1) is 0 Å². The fraction of sp³-hybridized carbons (Fsp3) is 0.387. The second kappa shape index (κ2) is 11.7. The van der Waals surface area contributed by atoms with Crippen LogP contribution in [0.5, 0.6) is 11.5 Å². The van der Waals surface area contributed by atoms with Crippen LogP contribution in [0.1, 0.15) is 51.7 Å². The Morgan fingerprint density at radius 2 is 1.73 bits per heavy atom. The highest BCUT2D eigenvalue weighted by molar-refractivity contribution is 7.89. The number of nitrogens with zero attached hydrogens (tertiary/aromatic N) is 1. The van der Waals surface area contributed by atoms with E-state index < -0.39 is 33.6 Å². The van der Waals surface area contributed by atoms with E-state index in [0.29, 0.717) is 29.0 Å². The molecule has 0 amide bonds. The van der Waals surface area contributed by atoms with Crippen LogP contribution in [0.3, 0.4) is 0 Å². The van der Waals surface area contributed by atoms with Crippen molar-refractivity contribution in [3.63, 3.8) is 0 Å². The van der Waals surface area contributed by atoms with Crippen LogP contribution in [0.2, 0.25) is 0 Å². The van der Waals surface area contributed by atoms with E-state index in [2.05, 4.69) is 5.32 Å². The van der Waals surface area contributed by atoms with E-state index >= 15 is 0 Å². The first-order valence-corrected chi connectivity index (χ1v) is 15.3. The lowest BCUT2D eigenvalue weighted by atomic mass is 9.68. The zero-order valence-electron chi connectivity index (χ0n) is 22.5. The number of phenolic OH excluding ortho intramolecular Hbond substituents is 2. The number of Topliss-reactive ketones (excluding diaryl/α,β-unsaturated/α-hetero) is 1. The minimum Gasteiger partial charge on any atom is -0.508 e. The molecule has 0 radical (unpaired) electrons. The molecule has 2 saturated heterocycles. The lowest BCUT2D eigenvalue weighted by molar-refractivity contribution is 0.0824. The zero-order chi connectivity index (χ0) is 28.4.